The Balaban J connectivity index is 1.63. The zero-order valence-corrected chi connectivity index (χ0v) is 15.4. The Morgan fingerprint density at radius 2 is 2.04 bits per heavy atom. The molecule has 24 heavy (non-hydrogen) atoms. The lowest BCUT2D eigenvalue weighted by atomic mass is 10.1. The van der Waals surface area contributed by atoms with E-state index in [4.69, 9.17) is 0 Å². The van der Waals surface area contributed by atoms with E-state index in [0.717, 1.165) is 37.6 Å². The molecule has 0 unspecified atom stereocenters. The topological polar surface area (TPSA) is 39.6 Å². The van der Waals surface area contributed by atoms with E-state index in [-0.39, 0.29) is 6.61 Å². The number of aliphatic hydroxyl groups is 1. The highest BCUT2D eigenvalue weighted by atomic mass is 32.1. The van der Waals surface area contributed by atoms with Gasteiger partial charge in [-0.25, -0.2) is 4.98 Å². The summed E-state index contributed by atoms with van der Waals surface area (Å²) in [5, 5.41) is 10.5. The number of aromatic nitrogens is 1. The van der Waals surface area contributed by atoms with Crippen molar-refractivity contribution in [2.45, 2.75) is 38.9 Å². The zero-order valence-electron chi connectivity index (χ0n) is 14.6. The minimum absolute atomic E-state index is 0.264. The van der Waals surface area contributed by atoms with Crippen LogP contribution in [0, 0.1) is 0 Å². The van der Waals surface area contributed by atoms with Crippen LogP contribution in [0.1, 0.15) is 25.1 Å². The number of nitrogens with zero attached hydrogens (tertiary/aromatic N) is 3. The van der Waals surface area contributed by atoms with Gasteiger partial charge in [-0.05, 0) is 20.3 Å². The molecule has 0 aliphatic carbocycles. The van der Waals surface area contributed by atoms with Gasteiger partial charge in [0, 0.05) is 61.5 Å². The molecule has 0 amide bonds. The average molecular weight is 346 g/mol. The Hall–Kier alpha value is -1.27. The first-order chi connectivity index (χ1) is 11.7. The molecule has 1 aliphatic heterocycles. The van der Waals surface area contributed by atoms with Crippen molar-refractivity contribution in [3.8, 4) is 10.6 Å². The van der Waals surface area contributed by atoms with E-state index in [2.05, 4.69) is 52.9 Å². The summed E-state index contributed by atoms with van der Waals surface area (Å²) in [6.45, 7) is 8.90. The highest BCUT2D eigenvalue weighted by Crippen LogP contribution is 2.26. The monoisotopic (exact) mass is 345 g/mol. The van der Waals surface area contributed by atoms with Crippen molar-refractivity contribution >= 4 is 11.3 Å². The zero-order chi connectivity index (χ0) is 16.9. The van der Waals surface area contributed by atoms with Crippen molar-refractivity contribution in [1.82, 2.24) is 14.8 Å². The summed E-state index contributed by atoms with van der Waals surface area (Å²) >= 11 is 1.79. The predicted molar refractivity (Wildman–Crippen MR) is 100 cm³/mol. The summed E-state index contributed by atoms with van der Waals surface area (Å²) < 4.78 is 0. The highest BCUT2D eigenvalue weighted by molar-refractivity contribution is 7.15. The molecule has 1 N–H and O–H groups in total. The Morgan fingerprint density at radius 3 is 2.75 bits per heavy atom. The Kier molecular flexibility index (Phi) is 6.00. The summed E-state index contributed by atoms with van der Waals surface area (Å²) in [5.74, 6) is 0. The van der Waals surface area contributed by atoms with Crippen molar-refractivity contribution in [3.63, 3.8) is 0 Å². The van der Waals surface area contributed by atoms with Gasteiger partial charge in [0.2, 0.25) is 0 Å². The van der Waals surface area contributed by atoms with Crippen LogP contribution in [0.4, 0.5) is 0 Å². The molecule has 1 aromatic heterocycles. The second-order valence-corrected chi connectivity index (χ2v) is 7.85. The maximum absolute atomic E-state index is 9.37. The molecule has 130 valence electrons. The molecule has 3 rings (SSSR count). The van der Waals surface area contributed by atoms with Gasteiger partial charge in [0.05, 0.1) is 0 Å². The van der Waals surface area contributed by atoms with E-state index in [9.17, 15) is 5.11 Å². The van der Waals surface area contributed by atoms with Gasteiger partial charge in [-0.2, -0.15) is 0 Å². The molecule has 1 atom stereocenters. The Morgan fingerprint density at radius 1 is 1.25 bits per heavy atom. The minimum Gasteiger partial charge on any atom is -0.396 e. The van der Waals surface area contributed by atoms with Crippen LogP contribution in [0.5, 0.6) is 0 Å². The van der Waals surface area contributed by atoms with Gasteiger partial charge in [-0.1, -0.05) is 30.3 Å². The van der Waals surface area contributed by atoms with Crippen LogP contribution in [-0.2, 0) is 6.54 Å². The molecule has 1 fully saturated rings. The maximum atomic E-state index is 9.37. The summed E-state index contributed by atoms with van der Waals surface area (Å²) in [6.07, 6.45) is 2.87. The van der Waals surface area contributed by atoms with E-state index < -0.39 is 0 Å². The molecule has 0 radical (unpaired) electrons. The third kappa shape index (κ3) is 4.22. The summed E-state index contributed by atoms with van der Waals surface area (Å²) in [7, 11) is 0. The first-order valence-electron chi connectivity index (χ1n) is 8.76. The quantitative estimate of drug-likeness (QED) is 0.873. The summed E-state index contributed by atoms with van der Waals surface area (Å²) in [5.41, 5.74) is 1.19. The van der Waals surface area contributed by atoms with Crippen LogP contribution >= 0.6 is 11.3 Å². The molecular weight excluding hydrogens is 318 g/mol. The fourth-order valence-electron chi connectivity index (χ4n) is 3.48. The van der Waals surface area contributed by atoms with Gasteiger partial charge in [0.25, 0.3) is 0 Å². The number of hydrogen-bond donors (Lipinski definition) is 1. The van der Waals surface area contributed by atoms with E-state index in [1.54, 1.807) is 11.3 Å². The molecule has 1 saturated heterocycles. The summed E-state index contributed by atoms with van der Waals surface area (Å²) in [4.78, 5) is 10.9. The number of thiazole rings is 1. The SMILES string of the molecule is CC(C)N1CCN(Cc2cnc(-c3ccccc3)s2)C[C@@H]1CCO. The lowest BCUT2D eigenvalue weighted by Crippen LogP contribution is -2.55. The van der Waals surface area contributed by atoms with Crippen LogP contribution < -0.4 is 0 Å². The average Bonchev–Trinajstić information content (AvgIpc) is 3.04. The molecular formula is C19H27N3OS. The first-order valence-corrected chi connectivity index (χ1v) is 9.58. The van der Waals surface area contributed by atoms with Gasteiger partial charge >= 0.3 is 0 Å². The Labute approximate surface area is 148 Å². The number of aliphatic hydroxyl groups excluding tert-OH is 1. The molecule has 0 bridgehead atoms. The van der Waals surface area contributed by atoms with Gasteiger partial charge in [-0.15, -0.1) is 11.3 Å². The van der Waals surface area contributed by atoms with E-state index in [1.807, 2.05) is 12.3 Å². The molecule has 0 saturated carbocycles. The minimum atomic E-state index is 0.264. The fourth-order valence-corrected chi connectivity index (χ4v) is 4.44. The summed E-state index contributed by atoms with van der Waals surface area (Å²) in [6, 6.07) is 11.4. The largest absolute Gasteiger partial charge is 0.396 e. The van der Waals surface area contributed by atoms with Crippen LogP contribution in [-0.4, -0.2) is 58.2 Å². The van der Waals surface area contributed by atoms with Gasteiger partial charge in [0.1, 0.15) is 5.01 Å². The van der Waals surface area contributed by atoms with Crippen molar-refractivity contribution in [2.75, 3.05) is 26.2 Å². The van der Waals surface area contributed by atoms with Crippen LogP contribution in [0.2, 0.25) is 0 Å². The lowest BCUT2D eigenvalue weighted by molar-refractivity contribution is 0.0353. The lowest BCUT2D eigenvalue weighted by Gasteiger charge is -2.43. The number of rotatable bonds is 6. The molecule has 2 heterocycles. The van der Waals surface area contributed by atoms with Crippen molar-refractivity contribution < 1.29 is 5.11 Å². The third-order valence-electron chi connectivity index (χ3n) is 4.69. The van der Waals surface area contributed by atoms with E-state index in [0.29, 0.717) is 12.1 Å². The predicted octanol–water partition coefficient (Wildman–Crippen LogP) is 3.09. The molecule has 1 aliphatic rings. The maximum Gasteiger partial charge on any atom is 0.123 e. The normalized spacial score (nSPS) is 19.9. The van der Waals surface area contributed by atoms with E-state index in [1.165, 1.54) is 10.4 Å². The number of hydrogen-bond acceptors (Lipinski definition) is 5. The second kappa shape index (κ2) is 8.21. The molecule has 4 nitrogen and oxygen atoms in total. The number of benzene rings is 1. The standard InChI is InChI=1S/C19H27N3OS/c1-15(2)22-10-9-21(13-17(22)8-11-23)14-18-12-20-19(24-18)16-6-4-3-5-7-16/h3-7,12,15,17,23H,8-11,13-14H2,1-2H3/t17-/m0/s1. The first kappa shape index (κ1) is 17.5. The number of piperazine rings is 1. The van der Waals surface area contributed by atoms with Crippen LogP contribution in [0.3, 0.4) is 0 Å². The molecule has 2 aromatic rings. The molecule has 5 heteroatoms. The second-order valence-electron chi connectivity index (χ2n) is 6.73. The van der Waals surface area contributed by atoms with Crippen molar-refractivity contribution in [1.29, 1.82) is 0 Å². The molecule has 1 aromatic carbocycles. The van der Waals surface area contributed by atoms with Gasteiger partial charge in [0.15, 0.2) is 0 Å². The van der Waals surface area contributed by atoms with E-state index >= 15 is 0 Å². The third-order valence-corrected chi connectivity index (χ3v) is 5.72. The van der Waals surface area contributed by atoms with Crippen molar-refractivity contribution in [3.05, 3.63) is 41.4 Å². The van der Waals surface area contributed by atoms with Crippen molar-refractivity contribution in [2.24, 2.45) is 0 Å². The van der Waals surface area contributed by atoms with Gasteiger partial charge in [-0.3, -0.25) is 9.80 Å². The molecule has 0 spiro atoms. The van der Waals surface area contributed by atoms with Crippen LogP contribution in [0.25, 0.3) is 10.6 Å². The highest BCUT2D eigenvalue weighted by Gasteiger charge is 2.28. The van der Waals surface area contributed by atoms with Gasteiger partial charge < -0.3 is 5.11 Å². The Bertz CT molecular complexity index is 629. The van der Waals surface area contributed by atoms with Crippen LogP contribution in [0.15, 0.2) is 36.5 Å². The fraction of sp³-hybridized carbons (Fsp3) is 0.526. The smallest absolute Gasteiger partial charge is 0.123 e.